The number of carbonyl (C=O) groups is 2. The summed E-state index contributed by atoms with van der Waals surface area (Å²) < 4.78 is 0. The molecule has 0 radical (unpaired) electrons. The number of likely N-dealkylation sites (N-methyl/N-ethyl adjacent to an activating group) is 1. The number of carbonyl (C=O) groups excluding carboxylic acids is 1. The number of hydrogen-bond acceptors (Lipinski definition) is 3. The van der Waals surface area contributed by atoms with Crippen LogP contribution in [0.25, 0.3) is 0 Å². The van der Waals surface area contributed by atoms with Gasteiger partial charge in [-0.25, -0.2) is 0 Å². The van der Waals surface area contributed by atoms with Crippen LogP contribution in [0.4, 0.5) is 0 Å². The fourth-order valence-electron chi connectivity index (χ4n) is 2.05. The lowest BCUT2D eigenvalue weighted by Crippen LogP contribution is -2.36. The fourth-order valence-corrected chi connectivity index (χ4v) is 2.05. The minimum absolute atomic E-state index is 0.113. The Bertz CT molecular complexity index is 490. The molecule has 3 N–H and O–H groups in total. The summed E-state index contributed by atoms with van der Waals surface area (Å²) in [7, 11) is 0. The van der Waals surface area contributed by atoms with Crippen LogP contribution in [0, 0.1) is 0 Å². The number of allylic oxidation sites excluding steroid dienone is 6. The fraction of sp³-hybridized carbons (Fsp3) is 0.412. The summed E-state index contributed by atoms with van der Waals surface area (Å²) in [5, 5.41) is 14.8. The van der Waals surface area contributed by atoms with Crippen molar-refractivity contribution < 1.29 is 14.7 Å². The van der Waals surface area contributed by atoms with Crippen LogP contribution in [0.5, 0.6) is 0 Å². The smallest absolute Gasteiger partial charge is 0.320 e. The van der Waals surface area contributed by atoms with Gasteiger partial charge in [-0.05, 0) is 38.0 Å². The highest BCUT2D eigenvalue weighted by molar-refractivity contribution is 5.96. The zero-order chi connectivity index (χ0) is 16.2. The molecule has 0 spiro atoms. The first-order chi connectivity index (χ1) is 10.6. The summed E-state index contributed by atoms with van der Waals surface area (Å²) in [6.45, 7) is 3.06. The summed E-state index contributed by atoms with van der Waals surface area (Å²) in [6, 6.07) is -0.506. The Morgan fingerprint density at radius 1 is 1.14 bits per heavy atom. The summed E-state index contributed by atoms with van der Waals surface area (Å²) in [5.74, 6) is -0.937. The molecule has 120 valence electrons. The van der Waals surface area contributed by atoms with Crippen molar-refractivity contribution in [3.63, 3.8) is 0 Å². The molecule has 0 aromatic heterocycles. The number of rotatable bonds is 9. The monoisotopic (exact) mass is 304 g/mol. The van der Waals surface area contributed by atoms with Crippen molar-refractivity contribution >= 4 is 11.9 Å². The van der Waals surface area contributed by atoms with E-state index in [2.05, 4.69) is 10.6 Å². The standard InChI is InChI=1S/C17H24N2O3/c1-2-18-15(17(21)22)12-8-9-13-19-16(20)14-10-6-4-3-5-7-11-14/h3-7,10-11,15,18H,2,8-9,12-13H2,1H3,(H,19,20)(H,21,22)/b4-3-,5-3?,6-4?,7-5-,10-6-,11-7?,14-10?,14-11+. The zero-order valence-electron chi connectivity index (χ0n) is 12.9. The van der Waals surface area contributed by atoms with Crippen LogP contribution in [-0.4, -0.2) is 36.1 Å². The molecule has 0 heterocycles. The van der Waals surface area contributed by atoms with E-state index in [1.54, 1.807) is 12.2 Å². The molecule has 0 aromatic carbocycles. The van der Waals surface area contributed by atoms with Crippen LogP contribution in [0.3, 0.4) is 0 Å². The van der Waals surface area contributed by atoms with E-state index in [9.17, 15) is 9.59 Å². The molecule has 22 heavy (non-hydrogen) atoms. The molecule has 1 unspecified atom stereocenters. The van der Waals surface area contributed by atoms with Gasteiger partial charge >= 0.3 is 5.97 Å². The van der Waals surface area contributed by atoms with Gasteiger partial charge < -0.3 is 15.7 Å². The van der Waals surface area contributed by atoms with Gasteiger partial charge in [0, 0.05) is 12.1 Å². The molecule has 0 aliphatic heterocycles. The van der Waals surface area contributed by atoms with Crippen LogP contribution in [0.15, 0.2) is 48.1 Å². The van der Waals surface area contributed by atoms with Crippen molar-refractivity contribution in [3.05, 3.63) is 48.1 Å². The summed E-state index contributed by atoms with van der Waals surface area (Å²) in [6.07, 6.45) is 14.9. The number of aliphatic carboxylic acids is 1. The average molecular weight is 304 g/mol. The maximum atomic E-state index is 12.0. The van der Waals surface area contributed by atoms with Crippen molar-refractivity contribution in [1.29, 1.82) is 0 Å². The molecule has 5 heteroatoms. The molecule has 1 aliphatic rings. The molecular weight excluding hydrogens is 280 g/mol. The Morgan fingerprint density at radius 3 is 2.59 bits per heavy atom. The maximum Gasteiger partial charge on any atom is 0.320 e. The van der Waals surface area contributed by atoms with Crippen molar-refractivity contribution in [2.24, 2.45) is 0 Å². The number of hydrogen-bond donors (Lipinski definition) is 3. The van der Waals surface area contributed by atoms with E-state index in [0.29, 0.717) is 25.1 Å². The SMILES string of the molecule is CCNC(CCCCNC(=O)C1=C/C=C\C=C/C=C\1)C(=O)O. The Hall–Kier alpha value is -2.14. The lowest BCUT2D eigenvalue weighted by molar-refractivity contribution is -0.139. The molecule has 0 saturated heterocycles. The van der Waals surface area contributed by atoms with E-state index < -0.39 is 12.0 Å². The first kappa shape index (κ1) is 17.9. The molecule has 1 aliphatic carbocycles. The third kappa shape index (κ3) is 7.04. The van der Waals surface area contributed by atoms with Crippen LogP contribution in [0.2, 0.25) is 0 Å². The van der Waals surface area contributed by atoms with Crippen molar-refractivity contribution in [2.45, 2.75) is 32.2 Å². The highest BCUT2D eigenvalue weighted by Crippen LogP contribution is 2.03. The van der Waals surface area contributed by atoms with Gasteiger partial charge in [0.2, 0.25) is 0 Å². The van der Waals surface area contributed by atoms with Crippen LogP contribution < -0.4 is 10.6 Å². The number of unbranched alkanes of at least 4 members (excludes halogenated alkanes) is 1. The predicted molar refractivity (Wildman–Crippen MR) is 87.5 cm³/mol. The minimum atomic E-state index is -0.824. The third-order valence-electron chi connectivity index (χ3n) is 3.21. The molecule has 1 rings (SSSR count). The molecule has 1 atom stereocenters. The largest absolute Gasteiger partial charge is 0.480 e. The second-order valence-electron chi connectivity index (χ2n) is 4.95. The molecular formula is C17H24N2O3. The molecule has 0 saturated carbocycles. The molecule has 0 aromatic rings. The van der Waals surface area contributed by atoms with E-state index in [-0.39, 0.29) is 5.91 Å². The Kier molecular flexibility index (Phi) is 8.60. The highest BCUT2D eigenvalue weighted by atomic mass is 16.4. The quantitative estimate of drug-likeness (QED) is 0.569. The number of carboxylic acid groups (broad SMARTS) is 1. The van der Waals surface area contributed by atoms with Gasteiger partial charge in [0.25, 0.3) is 5.91 Å². The van der Waals surface area contributed by atoms with Gasteiger partial charge in [-0.2, -0.15) is 0 Å². The summed E-state index contributed by atoms with van der Waals surface area (Å²) >= 11 is 0. The maximum absolute atomic E-state index is 12.0. The van der Waals surface area contributed by atoms with Crippen molar-refractivity contribution in [2.75, 3.05) is 13.1 Å². The first-order valence-corrected chi connectivity index (χ1v) is 7.61. The van der Waals surface area contributed by atoms with E-state index >= 15 is 0 Å². The zero-order valence-corrected chi connectivity index (χ0v) is 12.9. The van der Waals surface area contributed by atoms with Crippen molar-refractivity contribution in [1.82, 2.24) is 10.6 Å². The second-order valence-corrected chi connectivity index (χ2v) is 4.95. The van der Waals surface area contributed by atoms with E-state index in [1.165, 1.54) is 0 Å². The highest BCUT2D eigenvalue weighted by Gasteiger charge is 2.14. The lowest BCUT2D eigenvalue weighted by atomic mass is 10.1. The van der Waals surface area contributed by atoms with E-state index in [1.807, 2.05) is 37.3 Å². The number of carboxylic acids is 1. The predicted octanol–water partition coefficient (Wildman–Crippen LogP) is 1.94. The molecule has 0 bridgehead atoms. The number of amides is 1. The number of nitrogens with one attached hydrogen (secondary N) is 2. The van der Waals surface area contributed by atoms with E-state index in [0.717, 1.165) is 12.8 Å². The lowest BCUT2D eigenvalue weighted by Gasteiger charge is -2.12. The van der Waals surface area contributed by atoms with Crippen LogP contribution in [0.1, 0.15) is 26.2 Å². The van der Waals surface area contributed by atoms with Gasteiger partial charge in [0.15, 0.2) is 0 Å². The summed E-state index contributed by atoms with van der Waals surface area (Å²) in [4.78, 5) is 22.9. The molecule has 1 amide bonds. The van der Waals surface area contributed by atoms with Gasteiger partial charge in [-0.1, -0.05) is 37.3 Å². The molecule has 0 fully saturated rings. The van der Waals surface area contributed by atoms with Crippen LogP contribution >= 0.6 is 0 Å². The molecule has 5 nitrogen and oxygen atoms in total. The minimum Gasteiger partial charge on any atom is -0.480 e. The van der Waals surface area contributed by atoms with Gasteiger partial charge in [-0.3, -0.25) is 9.59 Å². The van der Waals surface area contributed by atoms with Gasteiger partial charge in [0.05, 0.1) is 0 Å². The first-order valence-electron chi connectivity index (χ1n) is 7.61. The third-order valence-corrected chi connectivity index (χ3v) is 3.21. The van der Waals surface area contributed by atoms with Gasteiger partial charge in [0.1, 0.15) is 6.04 Å². The Balaban J connectivity index is 2.26. The Labute approximate surface area is 131 Å². The Morgan fingerprint density at radius 2 is 1.86 bits per heavy atom. The summed E-state index contributed by atoms with van der Waals surface area (Å²) in [5.41, 5.74) is 0.608. The van der Waals surface area contributed by atoms with E-state index in [4.69, 9.17) is 5.11 Å². The van der Waals surface area contributed by atoms with Crippen LogP contribution in [-0.2, 0) is 9.59 Å². The topological polar surface area (TPSA) is 78.4 Å². The average Bonchev–Trinajstić information content (AvgIpc) is 2.45. The normalized spacial score (nSPS) is 21.6. The van der Waals surface area contributed by atoms with Crippen molar-refractivity contribution in [3.8, 4) is 0 Å². The van der Waals surface area contributed by atoms with Gasteiger partial charge in [-0.15, -0.1) is 0 Å². The second kappa shape index (κ2) is 10.6.